The van der Waals surface area contributed by atoms with Crippen molar-refractivity contribution in [1.82, 2.24) is 19.7 Å². The number of aromatic nitrogens is 4. The molecule has 0 amide bonds. The number of halogens is 1. The van der Waals surface area contributed by atoms with Gasteiger partial charge in [-0.05, 0) is 49.7 Å². The van der Waals surface area contributed by atoms with E-state index in [0.717, 1.165) is 11.1 Å². The van der Waals surface area contributed by atoms with E-state index in [1.165, 1.54) is 0 Å². The smallest absolute Gasteiger partial charge is 0.338 e. The second-order valence-electron chi connectivity index (χ2n) is 6.28. The summed E-state index contributed by atoms with van der Waals surface area (Å²) in [6.45, 7) is 3.90. The van der Waals surface area contributed by atoms with Crippen LogP contribution in [0.1, 0.15) is 25.5 Å². The topological polar surface area (TPSA) is 81.9 Å². The number of nitrogens with zero attached hydrogens (tertiary/aromatic N) is 4. The van der Waals surface area contributed by atoms with Crippen molar-refractivity contribution >= 4 is 23.5 Å². The number of anilines is 1. The Kier molecular flexibility index (Phi) is 4.83. The maximum atomic E-state index is 12.7. The number of nitrogens with one attached hydrogen (secondary N) is 1. The van der Waals surface area contributed by atoms with E-state index in [2.05, 4.69) is 20.4 Å². The van der Waals surface area contributed by atoms with Crippen LogP contribution in [0.15, 0.2) is 60.1 Å². The third-order valence-electron chi connectivity index (χ3n) is 4.45. The van der Waals surface area contributed by atoms with Crippen molar-refractivity contribution in [1.29, 1.82) is 0 Å². The van der Waals surface area contributed by atoms with E-state index in [4.69, 9.17) is 16.3 Å². The molecule has 8 heteroatoms. The largest absolute Gasteiger partial charge is 0.463 e. The lowest BCUT2D eigenvalue weighted by Gasteiger charge is -2.27. The van der Waals surface area contributed by atoms with Crippen LogP contribution in [-0.2, 0) is 9.53 Å². The van der Waals surface area contributed by atoms with Crippen LogP contribution in [0.2, 0.25) is 5.02 Å². The quantitative estimate of drug-likeness (QED) is 0.676. The molecule has 1 aliphatic rings. The lowest BCUT2D eigenvalue weighted by atomic mass is 9.97. The molecule has 1 aromatic carbocycles. The van der Waals surface area contributed by atoms with Crippen molar-refractivity contribution in [3.63, 3.8) is 0 Å². The molecule has 1 atom stereocenters. The fraction of sp³-hybridized carbons (Fsp3) is 0.200. The number of esters is 1. The lowest BCUT2D eigenvalue weighted by molar-refractivity contribution is -0.139. The summed E-state index contributed by atoms with van der Waals surface area (Å²) in [6, 6.07) is 10.5. The molecule has 0 saturated carbocycles. The van der Waals surface area contributed by atoms with E-state index in [0.29, 0.717) is 28.1 Å². The van der Waals surface area contributed by atoms with Gasteiger partial charge < -0.3 is 10.1 Å². The zero-order valence-corrected chi connectivity index (χ0v) is 16.1. The summed E-state index contributed by atoms with van der Waals surface area (Å²) < 4.78 is 6.98. The van der Waals surface area contributed by atoms with Crippen LogP contribution in [0.4, 0.5) is 5.95 Å². The molecule has 3 aromatic rings. The molecule has 0 fully saturated rings. The first-order valence-electron chi connectivity index (χ1n) is 8.85. The zero-order chi connectivity index (χ0) is 19.7. The van der Waals surface area contributed by atoms with Gasteiger partial charge in [0, 0.05) is 28.7 Å². The van der Waals surface area contributed by atoms with Crippen molar-refractivity contribution in [3.05, 3.63) is 70.6 Å². The standard InChI is InChI=1S/C20H18ClN5O2/c1-3-28-19(27)16-12(2)23-20-24-18(13-6-8-15(21)9-7-13)25-26(20)17(16)14-5-4-10-22-11-14/h4-11,17H,3H2,1-2H3,(H,23,24,25)/t17-/m0/s1. The van der Waals surface area contributed by atoms with Gasteiger partial charge >= 0.3 is 5.97 Å². The predicted molar refractivity (Wildman–Crippen MR) is 106 cm³/mol. The Morgan fingerprint density at radius 3 is 2.75 bits per heavy atom. The summed E-state index contributed by atoms with van der Waals surface area (Å²) in [6.07, 6.45) is 3.41. The van der Waals surface area contributed by atoms with Crippen LogP contribution in [0, 0.1) is 0 Å². The van der Waals surface area contributed by atoms with Gasteiger partial charge in [-0.1, -0.05) is 17.7 Å². The molecule has 2 aromatic heterocycles. The fourth-order valence-electron chi connectivity index (χ4n) is 3.19. The molecule has 4 rings (SSSR count). The van der Waals surface area contributed by atoms with Crippen LogP contribution in [0.25, 0.3) is 11.4 Å². The molecule has 3 heterocycles. The molecule has 1 aliphatic heterocycles. The highest BCUT2D eigenvalue weighted by atomic mass is 35.5. The van der Waals surface area contributed by atoms with Crippen LogP contribution in [0.5, 0.6) is 0 Å². The highest BCUT2D eigenvalue weighted by Crippen LogP contribution is 2.36. The van der Waals surface area contributed by atoms with Crippen LogP contribution in [-0.4, -0.2) is 32.3 Å². The number of hydrogen-bond donors (Lipinski definition) is 1. The maximum absolute atomic E-state index is 12.7. The molecular weight excluding hydrogens is 378 g/mol. The van der Waals surface area contributed by atoms with Gasteiger partial charge in [-0.2, -0.15) is 4.98 Å². The number of ether oxygens (including phenoxy) is 1. The van der Waals surface area contributed by atoms with E-state index >= 15 is 0 Å². The highest BCUT2D eigenvalue weighted by molar-refractivity contribution is 6.30. The van der Waals surface area contributed by atoms with Crippen LogP contribution >= 0.6 is 11.6 Å². The van der Waals surface area contributed by atoms with Gasteiger partial charge in [-0.3, -0.25) is 4.98 Å². The average Bonchev–Trinajstić information content (AvgIpc) is 3.11. The monoisotopic (exact) mass is 395 g/mol. The molecule has 0 unspecified atom stereocenters. The first-order valence-corrected chi connectivity index (χ1v) is 9.23. The molecule has 28 heavy (non-hydrogen) atoms. The second kappa shape index (κ2) is 7.44. The van der Waals surface area contributed by atoms with Gasteiger partial charge in [0.25, 0.3) is 0 Å². The molecule has 142 valence electrons. The Hall–Kier alpha value is -3.19. The highest BCUT2D eigenvalue weighted by Gasteiger charge is 2.35. The minimum absolute atomic E-state index is 0.287. The number of benzene rings is 1. The van der Waals surface area contributed by atoms with Crippen LogP contribution in [0.3, 0.4) is 0 Å². The Balaban J connectivity index is 1.84. The number of rotatable bonds is 4. The molecule has 0 aliphatic carbocycles. The van der Waals surface area contributed by atoms with E-state index in [9.17, 15) is 4.79 Å². The molecule has 7 nitrogen and oxygen atoms in total. The molecular formula is C20H18ClN5O2. The Labute approximate surface area is 167 Å². The normalized spacial score (nSPS) is 15.8. The minimum Gasteiger partial charge on any atom is -0.463 e. The van der Waals surface area contributed by atoms with Gasteiger partial charge in [0.05, 0.1) is 12.2 Å². The maximum Gasteiger partial charge on any atom is 0.338 e. The molecule has 0 saturated heterocycles. The number of pyridine rings is 1. The summed E-state index contributed by atoms with van der Waals surface area (Å²) in [5, 5.41) is 8.48. The van der Waals surface area contributed by atoms with Gasteiger partial charge in [-0.25, -0.2) is 9.48 Å². The summed E-state index contributed by atoms with van der Waals surface area (Å²) >= 11 is 5.98. The van der Waals surface area contributed by atoms with E-state index in [1.807, 2.05) is 31.2 Å². The fourth-order valence-corrected chi connectivity index (χ4v) is 3.32. The number of carbonyl (C=O) groups is 1. The Morgan fingerprint density at radius 2 is 2.07 bits per heavy atom. The van der Waals surface area contributed by atoms with E-state index in [-0.39, 0.29) is 6.61 Å². The number of hydrogen-bond acceptors (Lipinski definition) is 6. The van der Waals surface area contributed by atoms with E-state index < -0.39 is 12.0 Å². The van der Waals surface area contributed by atoms with Crippen molar-refractivity contribution in [2.24, 2.45) is 0 Å². The summed E-state index contributed by atoms with van der Waals surface area (Å²) in [5.74, 6) is 0.686. The van der Waals surface area contributed by atoms with Crippen LogP contribution < -0.4 is 5.32 Å². The summed E-state index contributed by atoms with van der Waals surface area (Å²) in [7, 11) is 0. The minimum atomic E-state index is -0.488. The number of allylic oxidation sites excluding steroid dienone is 1. The van der Waals surface area contributed by atoms with Crippen molar-refractivity contribution in [2.75, 3.05) is 11.9 Å². The number of fused-ring (bicyclic) bond motifs is 1. The molecule has 0 spiro atoms. The molecule has 0 bridgehead atoms. The third kappa shape index (κ3) is 3.25. The van der Waals surface area contributed by atoms with Gasteiger partial charge in [0.2, 0.25) is 5.95 Å². The van der Waals surface area contributed by atoms with Crippen molar-refractivity contribution in [3.8, 4) is 11.4 Å². The first-order chi connectivity index (χ1) is 13.6. The number of carbonyl (C=O) groups excluding carboxylic acids is 1. The van der Waals surface area contributed by atoms with Gasteiger partial charge in [-0.15, -0.1) is 5.10 Å². The third-order valence-corrected chi connectivity index (χ3v) is 4.70. The van der Waals surface area contributed by atoms with Crippen molar-refractivity contribution in [2.45, 2.75) is 19.9 Å². The molecule has 1 N–H and O–H groups in total. The predicted octanol–water partition coefficient (Wildman–Crippen LogP) is 3.85. The second-order valence-corrected chi connectivity index (χ2v) is 6.72. The Morgan fingerprint density at radius 1 is 1.29 bits per heavy atom. The lowest BCUT2D eigenvalue weighted by Crippen LogP contribution is -2.29. The first kappa shape index (κ1) is 18.2. The Bertz CT molecular complexity index is 1040. The van der Waals surface area contributed by atoms with Crippen molar-refractivity contribution < 1.29 is 9.53 Å². The summed E-state index contributed by atoms with van der Waals surface area (Å²) in [4.78, 5) is 21.5. The SMILES string of the molecule is CCOC(=O)C1=C(C)Nc2nc(-c3ccc(Cl)cc3)nn2[C@H]1c1cccnc1. The average molecular weight is 396 g/mol. The van der Waals surface area contributed by atoms with E-state index in [1.54, 1.807) is 36.1 Å². The zero-order valence-electron chi connectivity index (χ0n) is 15.4. The van der Waals surface area contributed by atoms with Gasteiger partial charge in [0.1, 0.15) is 6.04 Å². The summed E-state index contributed by atoms with van der Waals surface area (Å²) in [5.41, 5.74) is 2.80. The van der Waals surface area contributed by atoms with Gasteiger partial charge in [0.15, 0.2) is 5.82 Å². The molecule has 0 radical (unpaired) electrons.